The van der Waals surface area contributed by atoms with Crippen LogP contribution in [0.2, 0.25) is 0 Å². The van der Waals surface area contributed by atoms with Crippen LogP contribution in [-0.2, 0) is 23.4 Å². The van der Waals surface area contributed by atoms with Crippen molar-refractivity contribution in [3.8, 4) is 5.82 Å². The molecule has 1 aliphatic heterocycles. The van der Waals surface area contributed by atoms with Crippen molar-refractivity contribution in [3.05, 3.63) is 35.8 Å². The van der Waals surface area contributed by atoms with Crippen LogP contribution >= 0.6 is 0 Å². The van der Waals surface area contributed by atoms with Crippen molar-refractivity contribution in [2.24, 2.45) is 5.92 Å². The Labute approximate surface area is 137 Å². The number of aromatic nitrogens is 3. The van der Waals surface area contributed by atoms with Gasteiger partial charge < -0.3 is 9.47 Å². The molecular weight excluding hydrogens is 288 g/mol. The summed E-state index contributed by atoms with van der Waals surface area (Å²) in [7, 11) is 0. The first-order valence-electron chi connectivity index (χ1n) is 8.29. The highest BCUT2D eigenvalue weighted by atomic mass is 16.2. The molecular formula is C18H26N4O. The summed E-state index contributed by atoms with van der Waals surface area (Å²) in [6.45, 7) is 11.9. The largest absolute Gasteiger partial charge is 0.332 e. The Morgan fingerprint density at radius 1 is 1.22 bits per heavy atom. The minimum Gasteiger partial charge on any atom is -0.332 e. The lowest BCUT2D eigenvalue weighted by atomic mass is 10.1. The van der Waals surface area contributed by atoms with E-state index in [0.29, 0.717) is 25.4 Å². The van der Waals surface area contributed by atoms with Crippen LogP contribution in [0.5, 0.6) is 0 Å². The minimum absolute atomic E-state index is 0.100. The van der Waals surface area contributed by atoms with Gasteiger partial charge in [-0.3, -0.25) is 4.79 Å². The summed E-state index contributed by atoms with van der Waals surface area (Å²) in [5.41, 5.74) is 2.10. The summed E-state index contributed by atoms with van der Waals surface area (Å²) < 4.78 is 4.19. The number of amides is 1. The molecule has 23 heavy (non-hydrogen) atoms. The monoisotopic (exact) mass is 314 g/mol. The predicted molar refractivity (Wildman–Crippen MR) is 90.3 cm³/mol. The molecule has 3 heterocycles. The Hall–Kier alpha value is -2.04. The third-order valence-electron chi connectivity index (χ3n) is 4.15. The molecule has 1 aliphatic rings. The third kappa shape index (κ3) is 2.92. The number of hydrogen-bond acceptors (Lipinski definition) is 2. The molecule has 0 saturated carbocycles. The Kier molecular flexibility index (Phi) is 3.82. The molecule has 0 aromatic carbocycles. The Morgan fingerprint density at radius 2 is 1.87 bits per heavy atom. The summed E-state index contributed by atoms with van der Waals surface area (Å²) in [5.74, 6) is 1.69. The maximum Gasteiger partial charge on any atom is 0.223 e. The van der Waals surface area contributed by atoms with Gasteiger partial charge in [0.05, 0.1) is 24.3 Å². The third-order valence-corrected chi connectivity index (χ3v) is 4.15. The van der Waals surface area contributed by atoms with Gasteiger partial charge in [-0.1, -0.05) is 13.8 Å². The lowest BCUT2D eigenvalue weighted by molar-refractivity contribution is -0.132. The highest BCUT2D eigenvalue weighted by Crippen LogP contribution is 2.32. The molecule has 0 unspecified atom stereocenters. The summed E-state index contributed by atoms with van der Waals surface area (Å²) in [5, 5.41) is 4.83. The molecule has 5 heteroatoms. The molecule has 3 rings (SSSR count). The first-order chi connectivity index (χ1) is 10.8. The van der Waals surface area contributed by atoms with Crippen molar-refractivity contribution in [2.75, 3.05) is 0 Å². The van der Waals surface area contributed by atoms with Gasteiger partial charge in [-0.25, -0.2) is 4.68 Å². The second-order valence-corrected chi connectivity index (χ2v) is 7.77. The summed E-state index contributed by atoms with van der Waals surface area (Å²) >= 11 is 0. The van der Waals surface area contributed by atoms with Crippen molar-refractivity contribution in [1.29, 1.82) is 0 Å². The van der Waals surface area contributed by atoms with Gasteiger partial charge in [0.25, 0.3) is 0 Å². The second kappa shape index (κ2) is 5.55. The maximum absolute atomic E-state index is 12.4. The highest BCUT2D eigenvalue weighted by molar-refractivity contribution is 5.77. The lowest BCUT2D eigenvalue weighted by Gasteiger charge is -2.25. The quantitative estimate of drug-likeness (QED) is 0.872. The van der Waals surface area contributed by atoms with Crippen LogP contribution in [0.1, 0.15) is 52.3 Å². The number of carbonyl (C=O) groups is 1. The molecule has 1 amide bonds. The van der Waals surface area contributed by atoms with Gasteiger partial charge in [0, 0.05) is 24.4 Å². The molecule has 0 aliphatic carbocycles. The van der Waals surface area contributed by atoms with E-state index in [1.165, 1.54) is 5.56 Å². The Bertz CT molecular complexity index is 704. The minimum atomic E-state index is -0.100. The van der Waals surface area contributed by atoms with Crippen LogP contribution in [0.3, 0.4) is 0 Å². The van der Waals surface area contributed by atoms with Crippen LogP contribution in [0.25, 0.3) is 5.82 Å². The first kappa shape index (κ1) is 15.8. The number of nitrogens with zero attached hydrogens (tertiary/aromatic N) is 4. The van der Waals surface area contributed by atoms with Crippen molar-refractivity contribution in [1.82, 2.24) is 19.2 Å². The van der Waals surface area contributed by atoms with Crippen LogP contribution in [-0.4, -0.2) is 25.2 Å². The molecule has 0 saturated heterocycles. The van der Waals surface area contributed by atoms with Crippen molar-refractivity contribution < 1.29 is 4.79 Å². The zero-order valence-corrected chi connectivity index (χ0v) is 14.7. The van der Waals surface area contributed by atoms with Crippen molar-refractivity contribution >= 4 is 5.91 Å². The van der Waals surface area contributed by atoms with Gasteiger partial charge in [-0.05, 0) is 38.8 Å². The standard InChI is InChI=1S/C18H26N4O/c1-13(2)10-16(23)21-11-14-15(12-21)19-22(18(3,4)5)17(14)20-8-6-7-9-20/h6-9,13H,10-12H2,1-5H3. The molecule has 0 fully saturated rings. The fourth-order valence-corrected chi connectivity index (χ4v) is 3.07. The fourth-order valence-electron chi connectivity index (χ4n) is 3.07. The molecule has 0 N–H and O–H groups in total. The summed E-state index contributed by atoms with van der Waals surface area (Å²) in [4.78, 5) is 14.3. The van der Waals surface area contributed by atoms with Gasteiger partial charge >= 0.3 is 0 Å². The van der Waals surface area contributed by atoms with Gasteiger partial charge in [-0.2, -0.15) is 5.10 Å². The SMILES string of the molecule is CC(C)CC(=O)N1Cc2nn(C(C)(C)C)c(-n3cccc3)c2C1. The summed E-state index contributed by atoms with van der Waals surface area (Å²) in [6, 6.07) is 4.03. The number of hydrogen-bond donors (Lipinski definition) is 0. The maximum atomic E-state index is 12.4. The van der Waals surface area contributed by atoms with E-state index in [0.717, 1.165) is 11.5 Å². The average molecular weight is 314 g/mol. The van der Waals surface area contributed by atoms with Gasteiger partial charge in [0.15, 0.2) is 0 Å². The van der Waals surface area contributed by atoms with E-state index >= 15 is 0 Å². The van der Waals surface area contributed by atoms with Gasteiger partial charge in [0.1, 0.15) is 5.82 Å². The zero-order chi connectivity index (χ0) is 16.8. The average Bonchev–Trinajstić information content (AvgIpc) is 3.11. The second-order valence-electron chi connectivity index (χ2n) is 7.77. The van der Waals surface area contributed by atoms with E-state index in [1.807, 2.05) is 29.4 Å². The molecule has 0 spiro atoms. The van der Waals surface area contributed by atoms with E-state index in [9.17, 15) is 4.79 Å². The normalized spacial score (nSPS) is 14.6. The van der Waals surface area contributed by atoms with E-state index in [1.54, 1.807) is 0 Å². The topological polar surface area (TPSA) is 43.1 Å². The first-order valence-corrected chi connectivity index (χ1v) is 8.29. The molecule has 124 valence electrons. The van der Waals surface area contributed by atoms with Crippen LogP contribution in [0.4, 0.5) is 0 Å². The lowest BCUT2D eigenvalue weighted by Crippen LogP contribution is -2.30. The van der Waals surface area contributed by atoms with Crippen LogP contribution in [0, 0.1) is 5.92 Å². The molecule has 0 bridgehead atoms. The van der Waals surface area contributed by atoms with Crippen LogP contribution in [0.15, 0.2) is 24.5 Å². The molecule has 5 nitrogen and oxygen atoms in total. The highest BCUT2D eigenvalue weighted by Gasteiger charge is 2.33. The number of carbonyl (C=O) groups excluding carboxylic acids is 1. The van der Waals surface area contributed by atoms with Gasteiger partial charge in [0.2, 0.25) is 5.91 Å². The Balaban J connectivity index is 1.97. The van der Waals surface area contributed by atoms with Crippen molar-refractivity contribution in [3.63, 3.8) is 0 Å². The molecule has 2 aromatic heterocycles. The number of rotatable bonds is 3. The van der Waals surface area contributed by atoms with Crippen molar-refractivity contribution in [2.45, 2.75) is 59.7 Å². The number of fused-ring (bicyclic) bond motifs is 1. The predicted octanol–water partition coefficient (Wildman–Crippen LogP) is 3.32. The Morgan fingerprint density at radius 3 is 2.43 bits per heavy atom. The van der Waals surface area contributed by atoms with Gasteiger partial charge in [-0.15, -0.1) is 0 Å². The fraction of sp³-hybridized carbons (Fsp3) is 0.556. The molecule has 0 radical (unpaired) electrons. The van der Waals surface area contributed by atoms with E-state index in [4.69, 9.17) is 5.10 Å². The molecule has 2 aromatic rings. The zero-order valence-electron chi connectivity index (χ0n) is 14.7. The van der Waals surface area contributed by atoms with E-state index in [2.05, 4.69) is 43.9 Å². The summed E-state index contributed by atoms with van der Waals surface area (Å²) in [6.07, 6.45) is 4.68. The smallest absolute Gasteiger partial charge is 0.223 e. The van der Waals surface area contributed by atoms with Crippen LogP contribution < -0.4 is 0 Å². The molecule has 0 atom stereocenters. The van der Waals surface area contributed by atoms with E-state index < -0.39 is 0 Å². The van der Waals surface area contributed by atoms with E-state index in [-0.39, 0.29) is 11.4 Å².